The van der Waals surface area contributed by atoms with Gasteiger partial charge in [0.2, 0.25) is 0 Å². The van der Waals surface area contributed by atoms with E-state index in [0.29, 0.717) is 6.04 Å². The Morgan fingerprint density at radius 2 is 2.24 bits per heavy atom. The molecule has 116 valence electrons. The lowest BCUT2D eigenvalue weighted by atomic mass is 9.87. The summed E-state index contributed by atoms with van der Waals surface area (Å²) in [4.78, 5) is 11.3. The average Bonchev–Trinajstić information content (AvgIpc) is 2.50. The summed E-state index contributed by atoms with van der Waals surface area (Å²) in [5.41, 5.74) is 2.71. The van der Waals surface area contributed by atoms with E-state index >= 15 is 0 Å². The third-order valence-electron chi connectivity index (χ3n) is 4.24. The van der Waals surface area contributed by atoms with Gasteiger partial charge in [-0.05, 0) is 56.3 Å². The summed E-state index contributed by atoms with van der Waals surface area (Å²) in [6.07, 6.45) is 3.61. The van der Waals surface area contributed by atoms with Crippen LogP contribution in [-0.4, -0.2) is 38.7 Å². The van der Waals surface area contributed by atoms with Gasteiger partial charge >= 0.3 is 0 Å². The Morgan fingerprint density at radius 1 is 1.43 bits per heavy atom. The van der Waals surface area contributed by atoms with Crippen molar-refractivity contribution < 1.29 is 14.3 Å². The first-order chi connectivity index (χ1) is 10.2. The molecule has 1 aromatic carbocycles. The summed E-state index contributed by atoms with van der Waals surface area (Å²) in [5.74, 6) is 1.08. The zero-order valence-corrected chi connectivity index (χ0v) is 13.1. The van der Waals surface area contributed by atoms with Gasteiger partial charge in [0.05, 0.1) is 7.11 Å². The van der Waals surface area contributed by atoms with Crippen LogP contribution in [0.3, 0.4) is 0 Å². The van der Waals surface area contributed by atoms with Crippen molar-refractivity contribution in [3.8, 4) is 5.75 Å². The molecule has 2 rings (SSSR count). The van der Waals surface area contributed by atoms with Crippen molar-refractivity contribution >= 4 is 5.78 Å². The van der Waals surface area contributed by atoms with Crippen molar-refractivity contribution in [3.05, 3.63) is 29.3 Å². The fourth-order valence-electron chi connectivity index (χ4n) is 3.03. The summed E-state index contributed by atoms with van der Waals surface area (Å²) in [7, 11) is 3.32. The molecule has 0 aromatic heterocycles. The van der Waals surface area contributed by atoms with E-state index < -0.39 is 0 Å². The van der Waals surface area contributed by atoms with Gasteiger partial charge in [0.1, 0.15) is 11.9 Å². The van der Waals surface area contributed by atoms with E-state index in [1.165, 1.54) is 11.1 Å². The molecule has 0 saturated heterocycles. The summed E-state index contributed by atoms with van der Waals surface area (Å²) >= 11 is 0. The normalized spacial score (nSPS) is 18.9. The Hall–Kier alpha value is -1.39. The molecular formula is C17H25NO3. The van der Waals surface area contributed by atoms with Gasteiger partial charge in [-0.3, -0.25) is 4.79 Å². The highest BCUT2D eigenvalue weighted by atomic mass is 16.5. The van der Waals surface area contributed by atoms with Gasteiger partial charge in [-0.25, -0.2) is 0 Å². The van der Waals surface area contributed by atoms with E-state index in [1.54, 1.807) is 21.1 Å². The first-order valence-electron chi connectivity index (χ1n) is 7.57. The van der Waals surface area contributed by atoms with Crippen LogP contribution < -0.4 is 10.1 Å². The molecule has 0 amide bonds. The molecule has 0 radical (unpaired) electrons. The lowest BCUT2D eigenvalue weighted by Gasteiger charge is -2.27. The minimum Gasteiger partial charge on any atom is -0.496 e. The number of rotatable bonds is 7. The van der Waals surface area contributed by atoms with Gasteiger partial charge in [-0.2, -0.15) is 0 Å². The highest BCUT2D eigenvalue weighted by Crippen LogP contribution is 2.29. The molecule has 2 atom stereocenters. The summed E-state index contributed by atoms with van der Waals surface area (Å²) < 4.78 is 10.6. The monoisotopic (exact) mass is 291 g/mol. The van der Waals surface area contributed by atoms with Crippen LogP contribution in [0.25, 0.3) is 0 Å². The second kappa shape index (κ2) is 7.57. The van der Waals surface area contributed by atoms with Crippen LogP contribution in [0.5, 0.6) is 5.75 Å². The molecule has 2 unspecified atom stereocenters. The molecule has 0 aliphatic heterocycles. The van der Waals surface area contributed by atoms with Gasteiger partial charge in [-0.1, -0.05) is 12.1 Å². The van der Waals surface area contributed by atoms with E-state index in [2.05, 4.69) is 17.4 Å². The van der Waals surface area contributed by atoms with E-state index in [9.17, 15) is 4.79 Å². The zero-order chi connectivity index (χ0) is 15.2. The van der Waals surface area contributed by atoms with Crippen molar-refractivity contribution in [2.45, 2.75) is 44.8 Å². The van der Waals surface area contributed by atoms with Crippen molar-refractivity contribution in [2.75, 3.05) is 20.8 Å². The number of benzene rings is 1. The number of hydrogen-bond donors (Lipinski definition) is 1. The minimum atomic E-state index is -0.289. The molecule has 21 heavy (non-hydrogen) atoms. The number of carbonyl (C=O) groups excluding carboxylic acids is 1. The van der Waals surface area contributed by atoms with Crippen LogP contribution in [0.4, 0.5) is 0 Å². The van der Waals surface area contributed by atoms with Gasteiger partial charge in [0, 0.05) is 13.2 Å². The lowest BCUT2D eigenvalue weighted by molar-refractivity contribution is -0.126. The fourth-order valence-corrected chi connectivity index (χ4v) is 3.03. The second-order valence-corrected chi connectivity index (χ2v) is 5.62. The van der Waals surface area contributed by atoms with Crippen LogP contribution in [0.2, 0.25) is 0 Å². The number of ketones is 1. The highest BCUT2D eigenvalue weighted by molar-refractivity contribution is 5.80. The lowest BCUT2D eigenvalue weighted by Crippen LogP contribution is -2.37. The summed E-state index contributed by atoms with van der Waals surface area (Å²) in [6, 6.07) is 6.71. The number of aryl methyl sites for hydroxylation is 1. The maximum Gasteiger partial charge on any atom is 0.158 e. The van der Waals surface area contributed by atoms with E-state index in [0.717, 1.165) is 38.0 Å². The topological polar surface area (TPSA) is 47.6 Å². The van der Waals surface area contributed by atoms with E-state index in [-0.39, 0.29) is 11.9 Å². The Labute approximate surface area is 126 Å². The molecule has 1 aromatic rings. The number of carbonyl (C=O) groups is 1. The Balaban J connectivity index is 1.88. The maximum absolute atomic E-state index is 11.3. The van der Waals surface area contributed by atoms with E-state index in [1.807, 2.05) is 6.07 Å². The molecule has 0 saturated carbocycles. The predicted octanol–water partition coefficient (Wildman–Crippen LogP) is 2.14. The second-order valence-electron chi connectivity index (χ2n) is 5.62. The number of nitrogens with one attached hydrogen (secondary N) is 1. The van der Waals surface area contributed by atoms with Gasteiger partial charge in [-0.15, -0.1) is 0 Å². The molecule has 1 aliphatic rings. The van der Waals surface area contributed by atoms with Gasteiger partial charge < -0.3 is 14.8 Å². The molecule has 0 fully saturated rings. The average molecular weight is 291 g/mol. The molecule has 0 bridgehead atoms. The molecule has 1 aliphatic carbocycles. The fraction of sp³-hybridized carbons (Fsp3) is 0.588. The molecule has 0 heterocycles. The third kappa shape index (κ3) is 4.05. The third-order valence-corrected chi connectivity index (χ3v) is 4.24. The Morgan fingerprint density at radius 3 is 2.90 bits per heavy atom. The largest absolute Gasteiger partial charge is 0.496 e. The Kier molecular flexibility index (Phi) is 5.76. The van der Waals surface area contributed by atoms with Crippen LogP contribution in [0.1, 0.15) is 30.9 Å². The zero-order valence-electron chi connectivity index (χ0n) is 13.1. The maximum atomic E-state index is 11.3. The van der Waals surface area contributed by atoms with Crippen LogP contribution in [0, 0.1) is 0 Å². The molecular weight excluding hydrogens is 266 g/mol. The highest BCUT2D eigenvalue weighted by Gasteiger charge is 2.21. The SMILES string of the molecule is COc1cccc2c1CC(NCCC(OC)C(C)=O)CC2. The van der Waals surface area contributed by atoms with Gasteiger partial charge in [0.25, 0.3) is 0 Å². The van der Waals surface area contributed by atoms with Crippen LogP contribution in [0.15, 0.2) is 18.2 Å². The quantitative estimate of drug-likeness (QED) is 0.836. The molecule has 1 N–H and O–H groups in total. The Bertz CT molecular complexity index is 473. The van der Waals surface area contributed by atoms with Crippen molar-refractivity contribution in [1.82, 2.24) is 5.32 Å². The number of ether oxygens (including phenoxy) is 2. The number of Topliss-reactive ketones (excluding diaryl/α,β-unsaturated/α-hetero) is 1. The van der Waals surface area contributed by atoms with Crippen molar-refractivity contribution in [3.63, 3.8) is 0 Å². The number of fused-ring (bicyclic) bond motifs is 1. The first kappa shape index (κ1) is 16.0. The van der Waals surface area contributed by atoms with Crippen molar-refractivity contribution in [1.29, 1.82) is 0 Å². The van der Waals surface area contributed by atoms with Crippen molar-refractivity contribution in [2.24, 2.45) is 0 Å². The minimum absolute atomic E-state index is 0.0926. The molecule has 4 nitrogen and oxygen atoms in total. The summed E-state index contributed by atoms with van der Waals surface area (Å²) in [5, 5.41) is 3.55. The molecule has 0 spiro atoms. The summed E-state index contributed by atoms with van der Waals surface area (Å²) in [6.45, 7) is 2.38. The molecule has 4 heteroatoms. The number of hydrogen-bond acceptors (Lipinski definition) is 4. The smallest absolute Gasteiger partial charge is 0.158 e. The van der Waals surface area contributed by atoms with Gasteiger partial charge in [0.15, 0.2) is 5.78 Å². The van der Waals surface area contributed by atoms with E-state index in [4.69, 9.17) is 9.47 Å². The standard InChI is InChI=1S/C17H25NO3/c1-12(19)16(20-2)9-10-18-14-8-7-13-5-4-6-17(21-3)15(13)11-14/h4-6,14,16,18H,7-11H2,1-3H3. The number of methoxy groups -OCH3 is 2. The first-order valence-corrected chi connectivity index (χ1v) is 7.57. The predicted molar refractivity (Wildman–Crippen MR) is 82.9 cm³/mol. The van der Waals surface area contributed by atoms with Crippen LogP contribution >= 0.6 is 0 Å². The van der Waals surface area contributed by atoms with Crippen LogP contribution in [-0.2, 0) is 22.4 Å².